The van der Waals surface area contributed by atoms with Crippen molar-refractivity contribution in [2.75, 3.05) is 7.11 Å². The number of fused-ring (bicyclic) bond motifs is 3. The highest BCUT2D eigenvalue weighted by Gasteiger charge is 2.30. The molecular weight excluding hydrogens is 262 g/mol. The summed E-state index contributed by atoms with van der Waals surface area (Å²) in [4.78, 5) is 11.8. The molecule has 0 N–H and O–H groups in total. The van der Waals surface area contributed by atoms with Crippen molar-refractivity contribution in [3.63, 3.8) is 0 Å². The number of aryl methyl sites for hydroxylation is 1. The topological polar surface area (TPSA) is 31.2 Å². The number of hydrogen-bond donors (Lipinski definition) is 0. The monoisotopic (exact) mass is 285 g/mol. The van der Waals surface area contributed by atoms with Gasteiger partial charge in [0.25, 0.3) is 0 Å². The molecule has 0 saturated carbocycles. The van der Waals surface area contributed by atoms with Crippen molar-refractivity contribution in [1.82, 2.24) is 4.57 Å². The average molecular weight is 285 g/mol. The lowest BCUT2D eigenvalue weighted by Crippen LogP contribution is -2.22. The molecule has 1 aromatic carbocycles. The molecule has 3 nitrogen and oxygen atoms in total. The Morgan fingerprint density at radius 1 is 1.38 bits per heavy atom. The molecule has 0 unspecified atom stereocenters. The number of aromatic nitrogens is 1. The lowest BCUT2D eigenvalue weighted by Gasteiger charge is -2.30. The van der Waals surface area contributed by atoms with Gasteiger partial charge in [-0.1, -0.05) is 13.8 Å². The third-order valence-electron chi connectivity index (χ3n) is 4.72. The summed E-state index contributed by atoms with van der Waals surface area (Å²) in [5.74, 6) is -0.259. The number of nitrogens with zero attached hydrogens (tertiary/aromatic N) is 1. The molecule has 0 aliphatic heterocycles. The molecule has 0 radical (unpaired) electrons. The van der Waals surface area contributed by atoms with Gasteiger partial charge in [-0.15, -0.1) is 0 Å². The van der Waals surface area contributed by atoms with Gasteiger partial charge in [-0.2, -0.15) is 0 Å². The summed E-state index contributed by atoms with van der Waals surface area (Å²) in [7, 11) is 1.43. The van der Waals surface area contributed by atoms with Crippen LogP contribution < -0.4 is 0 Å². The highest BCUT2D eigenvalue weighted by Crippen LogP contribution is 2.40. The zero-order valence-electron chi connectivity index (χ0n) is 13.3. The van der Waals surface area contributed by atoms with Crippen molar-refractivity contribution < 1.29 is 9.53 Å². The van der Waals surface area contributed by atoms with Crippen LogP contribution in [-0.2, 0) is 24.1 Å². The number of benzene rings is 1. The van der Waals surface area contributed by atoms with E-state index in [2.05, 4.69) is 31.4 Å². The molecule has 1 aliphatic carbocycles. The number of carbonyl (C=O) groups excluding carboxylic acids is 1. The third-order valence-corrected chi connectivity index (χ3v) is 4.72. The Hall–Kier alpha value is -1.77. The van der Waals surface area contributed by atoms with Gasteiger partial charge in [0.15, 0.2) is 0 Å². The van der Waals surface area contributed by atoms with E-state index in [-0.39, 0.29) is 5.97 Å². The molecule has 0 bridgehead atoms. The quantitative estimate of drug-likeness (QED) is 0.782. The number of carbonyl (C=O) groups is 1. The van der Waals surface area contributed by atoms with E-state index in [0.29, 0.717) is 11.0 Å². The Morgan fingerprint density at radius 2 is 2.14 bits per heavy atom. The molecule has 1 aliphatic rings. The summed E-state index contributed by atoms with van der Waals surface area (Å²) in [5, 5.41) is 1.22. The summed E-state index contributed by atoms with van der Waals surface area (Å²) in [6.07, 6.45) is 3.43. The first-order chi connectivity index (χ1) is 9.96. The minimum absolute atomic E-state index is 0.259. The molecule has 0 saturated heterocycles. The van der Waals surface area contributed by atoms with E-state index in [0.717, 1.165) is 19.4 Å². The van der Waals surface area contributed by atoms with Gasteiger partial charge in [-0.25, -0.2) is 4.79 Å². The Morgan fingerprint density at radius 3 is 2.81 bits per heavy atom. The van der Waals surface area contributed by atoms with Crippen molar-refractivity contribution in [3.05, 3.63) is 35.0 Å². The van der Waals surface area contributed by atoms with Crippen LogP contribution in [0.2, 0.25) is 0 Å². The first-order valence-corrected chi connectivity index (χ1v) is 7.69. The fraction of sp³-hybridized carbons (Fsp3) is 0.500. The Balaban J connectivity index is 2.24. The summed E-state index contributed by atoms with van der Waals surface area (Å²) in [5.41, 5.74) is 5.10. The maximum absolute atomic E-state index is 11.8. The van der Waals surface area contributed by atoms with E-state index < -0.39 is 0 Å². The highest BCUT2D eigenvalue weighted by atomic mass is 16.5. The van der Waals surface area contributed by atoms with Crippen molar-refractivity contribution in [2.45, 2.75) is 46.6 Å². The van der Waals surface area contributed by atoms with Crippen LogP contribution >= 0.6 is 0 Å². The number of methoxy groups -OCH3 is 1. The summed E-state index contributed by atoms with van der Waals surface area (Å²) >= 11 is 0. The highest BCUT2D eigenvalue weighted by molar-refractivity contribution is 5.96. The molecule has 0 fully saturated rings. The summed E-state index contributed by atoms with van der Waals surface area (Å²) < 4.78 is 7.26. The van der Waals surface area contributed by atoms with Gasteiger partial charge in [0.05, 0.1) is 12.7 Å². The molecule has 0 atom stereocenters. The minimum atomic E-state index is -0.259. The predicted molar refractivity (Wildman–Crippen MR) is 84.8 cm³/mol. The van der Waals surface area contributed by atoms with Crippen molar-refractivity contribution in [3.8, 4) is 0 Å². The maximum Gasteiger partial charge on any atom is 0.337 e. The zero-order valence-corrected chi connectivity index (χ0v) is 13.3. The second-order valence-corrected chi connectivity index (χ2v) is 6.73. The largest absolute Gasteiger partial charge is 0.465 e. The van der Waals surface area contributed by atoms with E-state index in [4.69, 9.17) is 4.74 Å². The van der Waals surface area contributed by atoms with E-state index >= 15 is 0 Å². The van der Waals surface area contributed by atoms with Gasteiger partial charge in [0, 0.05) is 23.1 Å². The fourth-order valence-electron chi connectivity index (χ4n) is 3.59. The van der Waals surface area contributed by atoms with Crippen LogP contribution in [0.15, 0.2) is 18.2 Å². The van der Waals surface area contributed by atoms with Gasteiger partial charge in [-0.05, 0) is 55.4 Å². The average Bonchev–Trinajstić information content (AvgIpc) is 2.77. The molecule has 1 heterocycles. The number of ether oxygens (including phenoxy) is 1. The molecule has 0 amide bonds. The lowest BCUT2D eigenvalue weighted by atomic mass is 9.76. The number of rotatable bonds is 2. The van der Waals surface area contributed by atoms with Crippen LogP contribution in [0.5, 0.6) is 0 Å². The predicted octanol–water partition coefficient (Wildman–Crippen LogP) is 3.96. The van der Waals surface area contributed by atoms with Crippen LogP contribution in [0.1, 0.15) is 48.8 Å². The van der Waals surface area contributed by atoms with Gasteiger partial charge in [0.2, 0.25) is 0 Å². The van der Waals surface area contributed by atoms with Crippen LogP contribution in [0.3, 0.4) is 0 Å². The lowest BCUT2D eigenvalue weighted by molar-refractivity contribution is 0.0601. The third kappa shape index (κ3) is 2.25. The van der Waals surface area contributed by atoms with E-state index in [1.54, 1.807) is 0 Å². The molecule has 21 heavy (non-hydrogen) atoms. The van der Waals surface area contributed by atoms with Gasteiger partial charge >= 0.3 is 5.97 Å². The Kier molecular flexibility index (Phi) is 3.31. The zero-order chi connectivity index (χ0) is 15.2. The van der Waals surface area contributed by atoms with Gasteiger partial charge < -0.3 is 9.30 Å². The van der Waals surface area contributed by atoms with E-state index in [1.807, 2.05) is 12.1 Å². The SMILES string of the molecule is CCn1c2c(c3cc(C(=O)OC)ccc31)CC(C)(C)CC2. The molecule has 2 aromatic rings. The fourth-order valence-corrected chi connectivity index (χ4v) is 3.59. The molecule has 0 spiro atoms. The first kappa shape index (κ1) is 14.2. The van der Waals surface area contributed by atoms with Crippen LogP contribution in [0, 0.1) is 5.41 Å². The van der Waals surface area contributed by atoms with E-state index in [1.165, 1.54) is 35.7 Å². The standard InChI is InChI=1S/C18H23NO2/c1-5-19-15-7-6-12(17(20)21-4)10-13(15)14-11-18(2,3)9-8-16(14)19/h6-7,10H,5,8-9,11H2,1-4H3. The molecule has 3 heteroatoms. The van der Waals surface area contributed by atoms with Gasteiger partial charge in [0.1, 0.15) is 0 Å². The Bertz CT molecular complexity index is 710. The Labute approximate surface area is 125 Å². The normalized spacial score (nSPS) is 16.8. The maximum atomic E-state index is 11.8. The van der Waals surface area contributed by atoms with Crippen molar-refractivity contribution in [2.24, 2.45) is 5.41 Å². The van der Waals surface area contributed by atoms with Crippen molar-refractivity contribution in [1.29, 1.82) is 0 Å². The van der Waals surface area contributed by atoms with Crippen LogP contribution in [-0.4, -0.2) is 17.6 Å². The van der Waals surface area contributed by atoms with Crippen molar-refractivity contribution >= 4 is 16.9 Å². The number of hydrogen-bond acceptors (Lipinski definition) is 2. The summed E-state index contributed by atoms with van der Waals surface area (Å²) in [6, 6.07) is 5.95. The number of esters is 1. The molecule has 1 aromatic heterocycles. The van der Waals surface area contributed by atoms with E-state index in [9.17, 15) is 4.79 Å². The van der Waals surface area contributed by atoms with Gasteiger partial charge in [-0.3, -0.25) is 0 Å². The summed E-state index contributed by atoms with van der Waals surface area (Å²) in [6.45, 7) is 7.82. The second-order valence-electron chi connectivity index (χ2n) is 6.73. The minimum Gasteiger partial charge on any atom is -0.465 e. The smallest absolute Gasteiger partial charge is 0.337 e. The molecule has 112 valence electrons. The molecule has 3 rings (SSSR count). The molecular formula is C18H23NO2. The first-order valence-electron chi connectivity index (χ1n) is 7.69. The van der Waals surface area contributed by atoms with Crippen LogP contribution in [0.25, 0.3) is 10.9 Å². The van der Waals surface area contributed by atoms with Crippen LogP contribution in [0.4, 0.5) is 0 Å². The second kappa shape index (κ2) is 4.90.